The average molecular weight is 265 g/mol. The van der Waals surface area contributed by atoms with Crippen molar-refractivity contribution in [1.29, 1.82) is 0 Å². The van der Waals surface area contributed by atoms with Gasteiger partial charge in [-0.15, -0.1) is 0 Å². The Morgan fingerprint density at radius 1 is 1.26 bits per heavy atom. The molecule has 1 aliphatic rings. The number of hydrogen-bond donors (Lipinski definition) is 2. The molecule has 0 atom stereocenters. The van der Waals surface area contributed by atoms with Crippen LogP contribution in [0.4, 0.5) is 10.5 Å². The summed E-state index contributed by atoms with van der Waals surface area (Å²) in [4.78, 5) is 13.6. The van der Waals surface area contributed by atoms with Crippen molar-refractivity contribution in [2.45, 2.75) is 39.2 Å². The second-order valence-corrected chi connectivity index (χ2v) is 5.71. The summed E-state index contributed by atoms with van der Waals surface area (Å²) in [7, 11) is 0. The molecule has 0 saturated heterocycles. The molecule has 0 aromatic heterocycles. The summed E-state index contributed by atoms with van der Waals surface area (Å²) in [5.74, 6) is -0.390. The van der Waals surface area contributed by atoms with Crippen LogP contribution in [0.3, 0.4) is 0 Å². The maximum absolute atomic E-state index is 12.1. The van der Waals surface area contributed by atoms with Gasteiger partial charge in [-0.3, -0.25) is 4.90 Å². The summed E-state index contributed by atoms with van der Waals surface area (Å²) in [5, 5.41) is 19.1. The quantitative estimate of drug-likeness (QED) is 0.708. The van der Waals surface area contributed by atoms with E-state index in [1.54, 1.807) is 0 Å². The fourth-order valence-electron chi connectivity index (χ4n) is 2.12. The summed E-state index contributed by atoms with van der Waals surface area (Å²) in [5.41, 5.74) is 0.886. The molecule has 0 unspecified atom stereocenters. The number of carbonyl (C=O) groups excluding carboxylic acids is 1. The van der Waals surface area contributed by atoms with E-state index < -0.39 is 11.7 Å². The zero-order valence-corrected chi connectivity index (χ0v) is 11.4. The number of hydrogen-bond acceptors (Lipinski definition) is 4. The first-order valence-corrected chi connectivity index (χ1v) is 6.33. The lowest BCUT2D eigenvalue weighted by molar-refractivity contribution is 0.0578. The summed E-state index contributed by atoms with van der Waals surface area (Å²) in [6.07, 6.45) is 1.14. The predicted octanol–water partition coefficient (Wildman–Crippen LogP) is 2.79. The molecule has 0 radical (unpaired) electrons. The number of nitrogens with zero attached hydrogens (tertiary/aromatic N) is 1. The molecular formula is C14H19NO4. The summed E-state index contributed by atoms with van der Waals surface area (Å²) in [6, 6.07) is 2.91. The van der Waals surface area contributed by atoms with Gasteiger partial charge in [0.05, 0.1) is 5.69 Å². The van der Waals surface area contributed by atoms with Crippen LogP contribution in [-0.2, 0) is 11.2 Å². The molecule has 1 aliphatic heterocycles. The zero-order valence-electron chi connectivity index (χ0n) is 11.4. The van der Waals surface area contributed by atoms with Crippen molar-refractivity contribution >= 4 is 11.8 Å². The van der Waals surface area contributed by atoms with Gasteiger partial charge >= 0.3 is 6.09 Å². The molecule has 1 heterocycles. The number of carbonyl (C=O) groups is 1. The van der Waals surface area contributed by atoms with Crippen LogP contribution in [0.25, 0.3) is 0 Å². The zero-order chi connectivity index (χ0) is 14.2. The Morgan fingerprint density at radius 3 is 2.53 bits per heavy atom. The van der Waals surface area contributed by atoms with Gasteiger partial charge in [-0.1, -0.05) is 0 Å². The van der Waals surface area contributed by atoms with E-state index in [-0.39, 0.29) is 11.5 Å². The van der Waals surface area contributed by atoms with Crippen LogP contribution in [-0.4, -0.2) is 28.5 Å². The summed E-state index contributed by atoms with van der Waals surface area (Å²) < 4.78 is 5.35. The van der Waals surface area contributed by atoms with E-state index in [2.05, 4.69) is 0 Å². The minimum absolute atomic E-state index is 0.162. The lowest BCUT2D eigenvalue weighted by Gasteiger charge is -2.31. The number of fused-ring (bicyclic) bond motifs is 1. The van der Waals surface area contributed by atoms with E-state index in [0.717, 1.165) is 18.4 Å². The van der Waals surface area contributed by atoms with Crippen LogP contribution >= 0.6 is 0 Å². The first kappa shape index (κ1) is 13.5. The molecule has 0 saturated carbocycles. The highest BCUT2D eigenvalue weighted by Crippen LogP contribution is 2.37. The van der Waals surface area contributed by atoms with Crippen LogP contribution in [0, 0.1) is 0 Å². The summed E-state index contributed by atoms with van der Waals surface area (Å²) >= 11 is 0. The number of anilines is 1. The van der Waals surface area contributed by atoms with Crippen molar-refractivity contribution < 1.29 is 19.7 Å². The molecular weight excluding hydrogens is 246 g/mol. The predicted molar refractivity (Wildman–Crippen MR) is 71.7 cm³/mol. The molecule has 2 rings (SSSR count). The maximum atomic E-state index is 12.1. The molecule has 0 bridgehead atoms. The first-order valence-electron chi connectivity index (χ1n) is 6.33. The van der Waals surface area contributed by atoms with E-state index in [0.29, 0.717) is 12.2 Å². The number of amides is 1. The molecule has 1 aromatic rings. The number of aromatic hydroxyl groups is 2. The van der Waals surface area contributed by atoms with Crippen molar-refractivity contribution in [2.75, 3.05) is 11.4 Å². The largest absolute Gasteiger partial charge is 0.504 e. The number of phenols is 2. The van der Waals surface area contributed by atoms with Crippen LogP contribution in [0.2, 0.25) is 0 Å². The van der Waals surface area contributed by atoms with Gasteiger partial charge in [0.15, 0.2) is 11.5 Å². The Kier molecular flexibility index (Phi) is 3.30. The average Bonchev–Trinajstić information content (AvgIpc) is 2.27. The van der Waals surface area contributed by atoms with Crippen molar-refractivity contribution in [3.63, 3.8) is 0 Å². The lowest BCUT2D eigenvalue weighted by Crippen LogP contribution is -2.39. The van der Waals surface area contributed by atoms with Gasteiger partial charge in [0.2, 0.25) is 0 Å². The third kappa shape index (κ3) is 2.92. The SMILES string of the molecule is CC(C)(C)OC(=O)N1CCCc2cc(O)c(O)cc21. The normalized spacial score (nSPS) is 15.0. The third-order valence-electron chi connectivity index (χ3n) is 2.91. The molecule has 2 N–H and O–H groups in total. The van der Waals surface area contributed by atoms with E-state index in [1.165, 1.54) is 17.0 Å². The highest BCUT2D eigenvalue weighted by Gasteiger charge is 2.28. The molecule has 0 spiro atoms. The first-order chi connectivity index (χ1) is 8.78. The second-order valence-electron chi connectivity index (χ2n) is 5.71. The van der Waals surface area contributed by atoms with Gasteiger partial charge < -0.3 is 14.9 Å². The highest BCUT2D eigenvalue weighted by molar-refractivity contribution is 5.90. The Hall–Kier alpha value is -1.91. The van der Waals surface area contributed by atoms with Crippen molar-refractivity contribution in [1.82, 2.24) is 0 Å². The molecule has 0 fully saturated rings. The van der Waals surface area contributed by atoms with Crippen molar-refractivity contribution in [3.8, 4) is 11.5 Å². The van der Waals surface area contributed by atoms with Gasteiger partial charge in [0, 0.05) is 12.6 Å². The van der Waals surface area contributed by atoms with Gasteiger partial charge in [-0.25, -0.2) is 4.79 Å². The fourth-order valence-corrected chi connectivity index (χ4v) is 2.12. The number of phenolic OH excluding ortho intramolecular Hbond substituents is 2. The highest BCUT2D eigenvalue weighted by atomic mass is 16.6. The minimum Gasteiger partial charge on any atom is -0.504 e. The maximum Gasteiger partial charge on any atom is 0.414 e. The van der Waals surface area contributed by atoms with Gasteiger partial charge in [0.1, 0.15) is 5.60 Å². The van der Waals surface area contributed by atoms with E-state index in [1.807, 2.05) is 20.8 Å². The van der Waals surface area contributed by atoms with Gasteiger partial charge in [-0.05, 0) is 45.2 Å². The van der Waals surface area contributed by atoms with Crippen molar-refractivity contribution in [3.05, 3.63) is 17.7 Å². The van der Waals surface area contributed by atoms with Crippen molar-refractivity contribution in [2.24, 2.45) is 0 Å². The molecule has 19 heavy (non-hydrogen) atoms. The second kappa shape index (κ2) is 4.64. The van der Waals surface area contributed by atoms with Crippen LogP contribution < -0.4 is 4.90 Å². The van der Waals surface area contributed by atoms with Gasteiger partial charge in [-0.2, -0.15) is 0 Å². The van der Waals surface area contributed by atoms with Crippen LogP contribution in [0.5, 0.6) is 11.5 Å². The summed E-state index contributed by atoms with van der Waals surface area (Å²) in [6.45, 7) is 5.98. The molecule has 5 nitrogen and oxygen atoms in total. The standard InChI is InChI=1S/C14H19NO4/c1-14(2,3)19-13(18)15-6-4-5-9-7-11(16)12(17)8-10(9)15/h7-8,16-17H,4-6H2,1-3H3. The van der Waals surface area contributed by atoms with Crippen LogP contribution in [0.1, 0.15) is 32.8 Å². The smallest absolute Gasteiger partial charge is 0.414 e. The number of aryl methyl sites for hydroxylation is 1. The molecule has 0 aliphatic carbocycles. The van der Waals surface area contributed by atoms with Gasteiger partial charge in [0.25, 0.3) is 0 Å². The molecule has 1 aromatic carbocycles. The Bertz CT molecular complexity index is 505. The van der Waals surface area contributed by atoms with Crippen LogP contribution in [0.15, 0.2) is 12.1 Å². The number of rotatable bonds is 0. The number of ether oxygens (including phenoxy) is 1. The lowest BCUT2D eigenvalue weighted by atomic mass is 10.0. The minimum atomic E-state index is -0.562. The Labute approximate surface area is 112 Å². The number of benzene rings is 1. The van der Waals surface area contributed by atoms with E-state index in [4.69, 9.17) is 4.74 Å². The molecule has 104 valence electrons. The third-order valence-corrected chi connectivity index (χ3v) is 2.91. The molecule has 1 amide bonds. The molecule has 5 heteroatoms. The van der Waals surface area contributed by atoms with E-state index in [9.17, 15) is 15.0 Å². The van der Waals surface area contributed by atoms with E-state index >= 15 is 0 Å². The Morgan fingerprint density at radius 2 is 1.89 bits per heavy atom. The topological polar surface area (TPSA) is 70.0 Å². The monoisotopic (exact) mass is 265 g/mol. The Balaban J connectivity index is 2.32. The fraction of sp³-hybridized carbons (Fsp3) is 0.500.